The van der Waals surface area contributed by atoms with Gasteiger partial charge in [-0.15, -0.1) is 0 Å². The molecule has 0 saturated carbocycles. The van der Waals surface area contributed by atoms with Crippen molar-refractivity contribution in [2.24, 2.45) is 0 Å². The second-order valence-corrected chi connectivity index (χ2v) is 17.9. The number of nitrogens with zero attached hydrogens (tertiary/aromatic N) is 1. The second kappa shape index (κ2) is 38.7. The number of unbranched alkanes of at least 4 members (excludes halogenated alkanes) is 19. The largest absolute Gasteiger partial charge is 0.472 e. The van der Waals surface area contributed by atoms with Crippen LogP contribution in [0.2, 0.25) is 0 Å². The highest BCUT2D eigenvalue weighted by atomic mass is 31.2. The number of hydrogen-bond acceptors (Lipinski definition) is 5. The Bertz CT molecular complexity index is 1100. The summed E-state index contributed by atoms with van der Waals surface area (Å²) in [4.78, 5) is 23.1. The standard InChI is InChI=1S/C47H87N2O6P/c1-6-8-10-12-14-16-18-20-22-23-24-25-27-28-30-32-34-36-38-40-46(50)45(44-55-56(52,53)54-43-42-49(3,4)5)48-47(51)41-39-37-35-33-31-29-26-21-19-17-15-13-11-9-7-2/h15,17,21,24-26,30,32,38,40,45-46,50H,6-14,16,18-20,22-23,27-29,31,33-37,39,41-44H2,1-5H3,(H-,48,51,52,53)/p+1/b17-15-,25-24+,26-21-,32-30+,40-38+. The number of carbonyl (C=O) groups is 1. The molecule has 8 nitrogen and oxygen atoms in total. The van der Waals surface area contributed by atoms with E-state index in [1.807, 2.05) is 27.2 Å². The van der Waals surface area contributed by atoms with Gasteiger partial charge in [0.1, 0.15) is 13.2 Å². The highest BCUT2D eigenvalue weighted by Crippen LogP contribution is 2.43. The van der Waals surface area contributed by atoms with E-state index in [2.05, 4.69) is 67.8 Å². The lowest BCUT2D eigenvalue weighted by atomic mass is 10.1. The molecule has 0 aliphatic heterocycles. The summed E-state index contributed by atoms with van der Waals surface area (Å²) in [5.74, 6) is -0.208. The third-order valence-corrected chi connectivity index (χ3v) is 10.7. The fraction of sp³-hybridized carbons (Fsp3) is 0.766. The van der Waals surface area contributed by atoms with Gasteiger partial charge < -0.3 is 19.8 Å². The average Bonchev–Trinajstić information content (AvgIpc) is 3.15. The molecule has 0 radical (unpaired) electrons. The van der Waals surface area contributed by atoms with Gasteiger partial charge in [-0.2, -0.15) is 0 Å². The molecule has 3 unspecified atom stereocenters. The van der Waals surface area contributed by atoms with Crippen LogP contribution in [0.15, 0.2) is 60.8 Å². The molecule has 0 rings (SSSR count). The van der Waals surface area contributed by atoms with Crippen molar-refractivity contribution in [3.63, 3.8) is 0 Å². The molecular weight excluding hydrogens is 719 g/mol. The van der Waals surface area contributed by atoms with Crippen LogP contribution in [0.4, 0.5) is 0 Å². The molecule has 0 aromatic heterocycles. The number of phosphoric ester groups is 1. The molecule has 0 aliphatic rings. The molecule has 0 saturated heterocycles. The number of hydrogen-bond donors (Lipinski definition) is 3. The lowest BCUT2D eigenvalue weighted by molar-refractivity contribution is -0.870. The fourth-order valence-electron chi connectivity index (χ4n) is 6.04. The first kappa shape index (κ1) is 54.2. The van der Waals surface area contributed by atoms with Gasteiger partial charge in [-0.05, 0) is 77.0 Å². The molecule has 0 heterocycles. The number of allylic oxidation sites excluding steroid dienone is 9. The van der Waals surface area contributed by atoms with Crippen molar-refractivity contribution in [2.45, 2.75) is 193 Å². The predicted molar refractivity (Wildman–Crippen MR) is 240 cm³/mol. The summed E-state index contributed by atoms with van der Waals surface area (Å²) in [5.41, 5.74) is 0. The van der Waals surface area contributed by atoms with Crippen LogP contribution in [0.1, 0.15) is 181 Å². The molecule has 3 N–H and O–H groups in total. The summed E-state index contributed by atoms with van der Waals surface area (Å²) in [6.45, 7) is 4.73. The molecule has 56 heavy (non-hydrogen) atoms. The molecule has 0 bridgehead atoms. The summed E-state index contributed by atoms with van der Waals surface area (Å²) in [5, 5.41) is 13.8. The Hall–Kier alpha value is -1.80. The molecule has 1 amide bonds. The third kappa shape index (κ3) is 40.4. The molecule has 3 atom stereocenters. The van der Waals surface area contributed by atoms with Gasteiger partial charge in [-0.3, -0.25) is 13.8 Å². The Labute approximate surface area is 345 Å². The topological polar surface area (TPSA) is 105 Å². The van der Waals surface area contributed by atoms with Crippen molar-refractivity contribution in [1.82, 2.24) is 5.32 Å². The maximum absolute atomic E-state index is 12.9. The van der Waals surface area contributed by atoms with Gasteiger partial charge in [0, 0.05) is 6.42 Å². The monoisotopic (exact) mass is 808 g/mol. The minimum Gasteiger partial charge on any atom is -0.387 e. The normalized spacial score (nSPS) is 14.9. The highest BCUT2D eigenvalue weighted by Gasteiger charge is 2.27. The van der Waals surface area contributed by atoms with Crippen LogP contribution in [0, 0.1) is 0 Å². The van der Waals surface area contributed by atoms with Gasteiger partial charge in [0.05, 0.1) is 39.9 Å². The van der Waals surface area contributed by atoms with Crippen LogP contribution in [0.3, 0.4) is 0 Å². The van der Waals surface area contributed by atoms with Gasteiger partial charge in [-0.25, -0.2) is 4.57 Å². The first-order chi connectivity index (χ1) is 27.0. The molecule has 326 valence electrons. The Morgan fingerprint density at radius 2 is 1.04 bits per heavy atom. The summed E-state index contributed by atoms with van der Waals surface area (Å²) in [6.07, 6.45) is 50.1. The van der Waals surface area contributed by atoms with Crippen LogP contribution in [0.5, 0.6) is 0 Å². The van der Waals surface area contributed by atoms with E-state index >= 15 is 0 Å². The maximum Gasteiger partial charge on any atom is 0.472 e. The van der Waals surface area contributed by atoms with Crippen molar-refractivity contribution < 1.29 is 32.9 Å². The summed E-state index contributed by atoms with van der Waals surface area (Å²) >= 11 is 0. The Morgan fingerprint density at radius 3 is 1.57 bits per heavy atom. The van der Waals surface area contributed by atoms with E-state index in [0.29, 0.717) is 17.4 Å². The number of aliphatic hydroxyl groups is 1. The number of likely N-dealkylation sites (N-methyl/N-ethyl adjacent to an activating group) is 1. The Kier molecular flexibility index (Phi) is 37.5. The van der Waals surface area contributed by atoms with Crippen molar-refractivity contribution in [3.05, 3.63) is 60.8 Å². The SMILES string of the molecule is CCCCC/C=C\C/C=C\CCCCCCCC(=O)NC(COP(=O)(O)OCC[N+](C)(C)C)C(O)/C=C/CC/C=C/CC/C=C/CCCCCCCCCCC. The van der Waals surface area contributed by atoms with Gasteiger partial charge in [0.2, 0.25) is 5.91 Å². The van der Waals surface area contributed by atoms with E-state index in [4.69, 9.17) is 9.05 Å². The quantitative estimate of drug-likeness (QED) is 0.0246. The number of quaternary nitrogens is 1. The van der Waals surface area contributed by atoms with Gasteiger partial charge in [-0.1, -0.05) is 158 Å². The molecule has 0 spiro atoms. The van der Waals surface area contributed by atoms with Gasteiger partial charge >= 0.3 is 7.82 Å². The molecule has 0 fully saturated rings. The molecular formula is C47H88N2O6P+. The lowest BCUT2D eigenvalue weighted by Gasteiger charge is -2.25. The highest BCUT2D eigenvalue weighted by molar-refractivity contribution is 7.47. The van der Waals surface area contributed by atoms with Crippen molar-refractivity contribution in [1.29, 1.82) is 0 Å². The van der Waals surface area contributed by atoms with Crippen molar-refractivity contribution >= 4 is 13.7 Å². The number of nitrogens with one attached hydrogen (secondary N) is 1. The number of aliphatic hydroxyl groups excluding tert-OH is 1. The van der Waals surface area contributed by atoms with Crippen LogP contribution in [-0.4, -0.2) is 73.4 Å². The van der Waals surface area contributed by atoms with Crippen LogP contribution in [0.25, 0.3) is 0 Å². The van der Waals surface area contributed by atoms with Crippen LogP contribution in [-0.2, 0) is 18.4 Å². The lowest BCUT2D eigenvalue weighted by Crippen LogP contribution is -2.45. The van der Waals surface area contributed by atoms with E-state index in [-0.39, 0.29) is 19.1 Å². The Morgan fingerprint density at radius 1 is 0.607 bits per heavy atom. The number of rotatable bonds is 40. The van der Waals surface area contributed by atoms with E-state index in [1.54, 1.807) is 6.08 Å². The summed E-state index contributed by atoms with van der Waals surface area (Å²) < 4.78 is 23.5. The fourth-order valence-corrected chi connectivity index (χ4v) is 6.78. The molecule has 0 aromatic rings. The first-order valence-corrected chi connectivity index (χ1v) is 24.2. The zero-order valence-corrected chi connectivity index (χ0v) is 37.8. The number of phosphoric acid groups is 1. The van der Waals surface area contributed by atoms with E-state index in [0.717, 1.165) is 70.6 Å². The summed E-state index contributed by atoms with van der Waals surface area (Å²) in [6, 6.07) is -0.878. The van der Waals surface area contributed by atoms with Gasteiger partial charge in [0.15, 0.2) is 0 Å². The first-order valence-electron chi connectivity index (χ1n) is 22.7. The smallest absolute Gasteiger partial charge is 0.387 e. The minimum absolute atomic E-state index is 0.0484. The minimum atomic E-state index is -4.35. The van der Waals surface area contributed by atoms with Crippen molar-refractivity contribution in [2.75, 3.05) is 40.9 Å². The number of carbonyl (C=O) groups excluding carboxylic acids is 1. The second-order valence-electron chi connectivity index (χ2n) is 16.4. The number of amides is 1. The van der Waals surface area contributed by atoms with Crippen LogP contribution >= 0.6 is 7.82 Å². The summed E-state index contributed by atoms with van der Waals surface area (Å²) in [7, 11) is 1.53. The molecule has 0 aliphatic carbocycles. The van der Waals surface area contributed by atoms with Gasteiger partial charge in [0.25, 0.3) is 0 Å². The van der Waals surface area contributed by atoms with E-state index < -0.39 is 20.0 Å². The van der Waals surface area contributed by atoms with Crippen LogP contribution < -0.4 is 5.32 Å². The predicted octanol–water partition coefficient (Wildman–Crippen LogP) is 12.6. The zero-order valence-electron chi connectivity index (χ0n) is 36.9. The zero-order chi connectivity index (χ0) is 41.4. The Balaban J connectivity index is 4.53. The molecule has 0 aromatic carbocycles. The molecule has 9 heteroatoms. The maximum atomic E-state index is 12.9. The van der Waals surface area contributed by atoms with E-state index in [9.17, 15) is 19.4 Å². The van der Waals surface area contributed by atoms with Crippen molar-refractivity contribution in [3.8, 4) is 0 Å². The third-order valence-electron chi connectivity index (χ3n) is 9.69. The van der Waals surface area contributed by atoms with E-state index in [1.165, 1.54) is 89.9 Å². The average molecular weight is 808 g/mol.